The molecule has 3 rings (SSSR count). The Balaban J connectivity index is 0.000000404. The molecule has 0 bridgehead atoms. The fourth-order valence-corrected chi connectivity index (χ4v) is 3.40. The number of carbonyl (C=O) groups is 2. The Morgan fingerprint density at radius 3 is 1.89 bits per heavy atom. The first-order chi connectivity index (χ1) is 16.9. The van der Waals surface area contributed by atoms with Gasteiger partial charge < -0.3 is 15.1 Å². The molecule has 2 N–H and O–H groups in total. The van der Waals surface area contributed by atoms with E-state index in [0.29, 0.717) is 6.04 Å². The van der Waals surface area contributed by atoms with E-state index in [4.69, 9.17) is 24.9 Å². The Morgan fingerprint density at radius 2 is 1.49 bits per heavy atom. The van der Waals surface area contributed by atoms with Gasteiger partial charge in [-0.3, -0.25) is 9.58 Å². The summed E-state index contributed by atoms with van der Waals surface area (Å²) < 4.78 is 65.7. The van der Waals surface area contributed by atoms with Gasteiger partial charge in [0.05, 0.1) is 11.4 Å². The lowest BCUT2D eigenvalue weighted by atomic mass is 10.0. The molecule has 0 saturated heterocycles. The number of alkyl halides is 6. The van der Waals surface area contributed by atoms with Crippen LogP contribution >= 0.6 is 0 Å². The van der Waals surface area contributed by atoms with Gasteiger partial charge in [-0.2, -0.15) is 31.4 Å². The quantitative estimate of drug-likeness (QED) is 0.544. The van der Waals surface area contributed by atoms with Gasteiger partial charge >= 0.3 is 24.3 Å². The number of nitrogens with zero attached hydrogens (tertiary/aromatic N) is 4. The lowest BCUT2D eigenvalue weighted by Crippen LogP contribution is -2.31. The van der Waals surface area contributed by atoms with Crippen LogP contribution in [0.2, 0.25) is 0 Å². The molecule has 0 aliphatic carbocycles. The molecular weight excluding hydrogens is 510 g/mol. The smallest absolute Gasteiger partial charge is 0.475 e. The van der Waals surface area contributed by atoms with Gasteiger partial charge in [-0.15, -0.1) is 0 Å². The monoisotopic (exact) mass is 540 g/mol. The predicted octanol–water partition coefficient (Wildman–Crippen LogP) is 4.35. The van der Waals surface area contributed by atoms with E-state index in [9.17, 15) is 26.3 Å². The molecule has 0 amide bonds. The highest BCUT2D eigenvalue weighted by Crippen LogP contribution is 2.26. The Morgan fingerprint density at radius 1 is 1.00 bits per heavy atom. The van der Waals surface area contributed by atoms with E-state index in [1.807, 2.05) is 0 Å². The Kier molecular flexibility index (Phi) is 11.6. The van der Waals surface area contributed by atoms with Crippen LogP contribution in [0.4, 0.5) is 26.3 Å². The summed E-state index contributed by atoms with van der Waals surface area (Å²) in [5.74, 6) is -5.51. The van der Waals surface area contributed by atoms with Crippen molar-refractivity contribution in [2.45, 2.75) is 58.3 Å². The average Bonchev–Trinajstić information content (AvgIpc) is 3.11. The maximum atomic E-state index is 10.6. The first-order valence-electron chi connectivity index (χ1n) is 11.0. The molecular formula is C23H30F6N4O4. The number of benzene rings is 1. The first-order valence-corrected chi connectivity index (χ1v) is 11.0. The molecule has 1 aromatic carbocycles. The summed E-state index contributed by atoms with van der Waals surface area (Å²) in [6.07, 6.45) is -9.06. The number of hydrogen-bond donors (Lipinski definition) is 2. The van der Waals surface area contributed by atoms with Crippen LogP contribution in [0.25, 0.3) is 0 Å². The summed E-state index contributed by atoms with van der Waals surface area (Å²) in [6.45, 7) is 8.52. The molecule has 0 spiro atoms. The second-order valence-corrected chi connectivity index (χ2v) is 8.70. The summed E-state index contributed by atoms with van der Waals surface area (Å²) in [6, 6.07) is 11.2. The zero-order valence-corrected chi connectivity index (χ0v) is 20.8. The molecule has 8 nitrogen and oxygen atoms in total. The van der Waals surface area contributed by atoms with Gasteiger partial charge in [0, 0.05) is 37.8 Å². The summed E-state index contributed by atoms with van der Waals surface area (Å²) >= 11 is 0. The highest BCUT2D eigenvalue weighted by Gasteiger charge is 2.38. The zero-order chi connectivity index (χ0) is 28.6. The third-order valence-electron chi connectivity index (χ3n) is 4.94. The summed E-state index contributed by atoms with van der Waals surface area (Å²) in [5.41, 5.74) is 5.55. The fourth-order valence-electron chi connectivity index (χ4n) is 3.40. The van der Waals surface area contributed by atoms with Crippen LogP contribution < -0.4 is 0 Å². The molecule has 0 atom stereocenters. The number of aliphatic carboxylic acids is 2. The highest BCUT2D eigenvalue weighted by atomic mass is 19.4. The summed E-state index contributed by atoms with van der Waals surface area (Å²) in [7, 11) is 4.23. The normalized spacial score (nSPS) is 13.8. The van der Waals surface area contributed by atoms with Gasteiger partial charge in [0.1, 0.15) is 0 Å². The van der Waals surface area contributed by atoms with Crippen molar-refractivity contribution in [2.75, 3.05) is 20.6 Å². The minimum Gasteiger partial charge on any atom is -0.475 e. The third-order valence-corrected chi connectivity index (χ3v) is 4.94. The van der Waals surface area contributed by atoms with Crippen molar-refractivity contribution in [3.8, 4) is 0 Å². The van der Waals surface area contributed by atoms with Crippen LogP contribution in [0.5, 0.6) is 0 Å². The van der Waals surface area contributed by atoms with E-state index >= 15 is 0 Å². The molecule has 2 aromatic rings. The van der Waals surface area contributed by atoms with Gasteiger partial charge in [0.25, 0.3) is 0 Å². The van der Waals surface area contributed by atoms with E-state index < -0.39 is 24.3 Å². The van der Waals surface area contributed by atoms with Crippen LogP contribution in [0, 0.1) is 0 Å². The van der Waals surface area contributed by atoms with Gasteiger partial charge in [-0.25, -0.2) is 9.59 Å². The maximum absolute atomic E-state index is 10.6. The van der Waals surface area contributed by atoms with Gasteiger partial charge in [-0.05, 0) is 39.9 Å². The van der Waals surface area contributed by atoms with E-state index in [2.05, 4.69) is 72.8 Å². The average molecular weight is 541 g/mol. The third kappa shape index (κ3) is 10.8. The van der Waals surface area contributed by atoms with E-state index in [1.54, 1.807) is 0 Å². The highest BCUT2D eigenvalue weighted by molar-refractivity contribution is 5.73. The number of carboxylic acids is 2. The predicted molar refractivity (Wildman–Crippen MR) is 122 cm³/mol. The second-order valence-electron chi connectivity index (χ2n) is 8.70. The van der Waals surface area contributed by atoms with Crippen LogP contribution in [0.1, 0.15) is 42.4 Å². The molecule has 208 valence electrons. The van der Waals surface area contributed by atoms with Crippen LogP contribution in [-0.4, -0.2) is 74.7 Å². The summed E-state index contributed by atoms with van der Waals surface area (Å²) in [5, 5.41) is 19.2. The molecule has 0 radical (unpaired) electrons. The molecule has 1 aromatic heterocycles. The minimum atomic E-state index is -5.08. The number of rotatable bonds is 5. The van der Waals surface area contributed by atoms with Gasteiger partial charge in [-0.1, -0.05) is 30.3 Å². The van der Waals surface area contributed by atoms with Crippen LogP contribution in [-0.2, 0) is 35.6 Å². The molecule has 1 aliphatic rings. The van der Waals surface area contributed by atoms with Crippen molar-refractivity contribution in [1.29, 1.82) is 0 Å². The topological polar surface area (TPSA) is 98.9 Å². The van der Waals surface area contributed by atoms with Crippen molar-refractivity contribution in [3.05, 3.63) is 52.8 Å². The Hall–Kier alpha value is -3.13. The first kappa shape index (κ1) is 31.9. The lowest BCUT2D eigenvalue weighted by molar-refractivity contribution is -0.193. The second kappa shape index (κ2) is 13.4. The van der Waals surface area contributed by atoms with Crippen LogP contribution in [0.15, 0.2) is 30.3 Å². The number of halogens is 6. The van der Waals surface area contributed by atoms with Crippen molar-refractivity contribution in [2.24, 2.45) is 0 Å². The minimum absolute atomic E-state index is 0.413. The summed E-state index contributed by atoms with van der Waals surface area (Å²) in [4.78, 5) is 22.5. The maximum Gasteiger partial charge on any atom is 0.490 e. The van der Waals surface area contributed by atoms with Gasteiger partial charge in [0.15, 0.2) is 0 Å². The van der Waals surface area contributed by atoms with E-state index in [1.165, 1.54) is 22.5 Å². The molecule has 1 aliphatic heterocycles. The largest absolute Gasteiger partial charge is 0.490 e. The molecule has 0 fully saturated rings. The lowest BCUT2D eigenvalue weighted by Gasteiger charge is -2.28. The van der Waals surface area contributed by atoms with E-state index in [-0.39, 0.29) is 0 Å². The number of fused-ring (bicyclic) bond motifs is 1. The van der Waals surface area contributed by atoms with Crippen molar-refractivity contribution >= 4 is 11.9 Å². The fraction of sp³-hybridized carbons (Fsp3) is 0.522. The van der Waals surface area contributed by atoms with Crippen LogP contribution in [0.3, 0.4) is 0 Å². The number of hydrogen-bond acceptors (Lipinski definition) is 5. The SMILES string of the molecule is CC(C)n1nc(CN(C)C)c2c1CN(Cc1ccccc1)CC2.O=C(O)C(F)(F)F.O=C(O)C(F)(F)F. The zero-order valence-electron chi connectivity index (χ0n) is 20.8. The molecule has 0 saturated carbocycles. The Labute approximate surface area is 210 Å². The van der Waals surface area contributed by atoms with Crippen molar-refractivity contribution in [1.82, 2.24) is 19.6 Å². The Bertz CT molecular complexity index is 997. The molecule has 37 heavy (non-hydrogen) atoms. The van der Waals surface area contributed by atoms with Gasteiger partial charge in [0.2, 0.25) is 0 Å². The molecule has 2 heterocycles. The standard InChI is InChI=1S/C19H28N4.2C2HF3O2/c1-15(2)23-19-14-22(12-16-8-6-5-7-9-16)11-10-17(19)18(20-23)13-21(3)4;2*3-2(4,5)1(6)7/h5-9,15H,10-14H2,1-4H3;2*(H,6,7). The number of aromatic nitrogens is 2. The molecule has 14 heteroatoms. The number of carboxylic acid groups (broad SMARTS) is 2. The van der Waals surface area contributed by atoms with E-state index in [0.717, 1.165) is 32.6 Å². The molecule has 0 unspecified atom stereocenters. The van der Waals surface area contributed by atoms with Crippen molar-refractivity contribution in [3.63, 3.8) is 0 Å². The van der Waals surface area contributed by atoms with Crippen molar-refractivity contribution < 1.29 is 46.1 Å².